The average Bonchev–Trinajstić information content (AvgIpc) is 2.55. The van der Waals surface area contributed by atoms with E-state index < -0.39 is 12.9 Å². The molecule has 0 unspecified atom stereocenters. The quantitative estimate of drug-likeness (QED) is 0.724. The lowest BCUT2D eigenvalue weighted by Gasteiger charge is -1.97. The first-order chi connectivity index (χ1) is 7.41. The fourth-order valence-corrected chi connectivity index (χ4v) is 1.31. The van der Waals surface area contributed by atoms with Gasteiger partial charge in [0.2, 0.25) is 0 Å². The fourth-order valence-electron chi connectivity index (χ4n) is 1.31. The molecular formula is C10H9NO2. The van der Waals surface area contributed by atoms with Crippen LogP contribution in [0.5, 0.6) is 0 Å². The standard InChI is InChI=1S/C10H9NO2/c1-11-8-5-3-2-4-7(8)6-9(11)10(12)13/h2-6H,1H3,(H,12,13)/i1D3. The van der Waals surface area contributed by atoms with Gasteiger partial charge in [0.1, 0.15) is 5.69 Å². The molecule has 13 heavy (non-hydrogen) atoms. The van der Waals surface area contributed by atoms with Crippen LogP contribution in [0.2, 0.25) is 0 Å². The van der Waals surface area contributed by atoms with Crippen LogP contribution in [0.25, 0.3) is 10.9 Å². The van der Waals surface area contributed by atoms with Gasteiger partial charge in [0.15, 0.2) is 0 Å². The summed E-state index contributed by atoms with van der Waals surface area (Å²) in [5.41, 5.74) is 0.182. The van der Waals surface area contributed by atoms with Gasteiger partial charge in [0.05, 0.1) is 0 Å². The molecule has 1 N–H and O–H groups in total. The molecule has 1 aromatic heterocycles. The van der Waals surface area contributed by atoms with Gasteiger partial charge in [-0.1, -0.05) is 18.2 Å². The van der Waals surface area contributed by atoms with E-state index in [0.29, 0.717) is 10.9 Å². The molecule has 0 aliphatic carbocycles. The second-order valence-corrected chi connectivity index (χ2v) is 2.73. The van der Waals surface area contributed by atoms with Gasteiger partial charge in [0, 0.05) is 22.0 Å². The minimum Gasteiger partial charge on any atom is -0.477 e. The third kappa shape index (κ3) is 1.09. The Morgan fingerprint density at radius 2 is 2.31 bits per heavy atom. The summed E-state index contributed by atoms with van der Waals surface area (Å²) >= 11 is 0. The lowest BCUT2D eigenvalue weighted by Crippen LogP contribution is -2.03. The first-order valence-corrected chi connectivity index (χ1v) is 3.75. The smallest absolute Gasteiger partial charge is 0.352 e. The number of benzene rings is 1. The average molecular weight is 178 g/mol. The maximum atomic E-state index is 11.0. The van der Waals surface area contributed by atoms with E-state index in [2.05, 4.69) is 0 Å². The summed E-state index contributed by atoms with van der Waals surface area (Å²) in [7, 11) is 0. The normalized spacial score (nSPS) is 14.9. The van der Waals surface area contributed by atoms with Crippen LogP contribution >= 0.6 is 0 Å². The topological polar surface area (TPSA) is 42.2 Å². The van der Waals surface area contributed by atoms with Crippen molar-refractivity contribution >= 4 is 16.9 Å². The number of fused-ring (bicyclic) bond motifs is 1. The largest absolute Gasteiger partial charge is 0.477 e. The highest BCUT2D eigenvalue weighted by Crippen LogP contribution is 2.17. The second-order valence-electron chi connectivity index (χ2n) is 2.73. The van der Waals surface area contributed by atoms with Crippen LogP contribution in [0.1, 0.15) is 14.6 Å². The minimum absolute atomic E-state index is 0.221. The number of carboxylic acids is 1. The molecule has 3 heteroatoms. The lowest BCUT2D eigenvalue weighted by atomic mass is 10.2. The molecule has 0 aliphatic heterocycles. The zero-order valence-electron chi connectivity index (χ0n) is 9.69. The summed E-state index contributed by atoms with van der Waals surface area (Å²) in [4.78, 5) is 11.0. The van der Waals surface area contributed by atoms with E-state index >= 15 is 0 Å². The molecule has 3 nitrogen and oxygen atoms in total. The molecule has 2 aromatic rings. The SMILES string of the molecule is [2H]C([2H])([2H])n1c(C(=O)O)cc2ccccc21. The summed E-state index contributed by atoms with van der Waals surface area (Å²) in [5.74, 6) is -1.24. The molecule has 0 saturated carbocycles. The zero-order chi connectivity index (χ0) is 11.9. The molecule has 0 radical (unpaired) electrons. The number of carboxylic acid groups (broad SMARTS) is 1. The Morgan fingerprint density at radius 1 is 1.54 bits per heavy atom. The molecular weight excluding hydrogens is 166 g/mol. The first-order valence-electron chi connectivity index (χ1n) is 5.25. The number of hydrogen-bond acceptors (Lipinski definition) is 1. The molecule has 0 bridgehead atoms. The fraction of sp³-hybridized carbons (Fsp3) is 0.100. The van der Waals surface area contributed by atoms with Gasteiger partial charge in [-0.3, -0.25) is 0 Å². The van der Waals surface area contributed by atoms with Crippen LogP contribution in [0, 0.1) is 0 Å². The van der Waals surface area contributed by atoms with Crippen molar-refractivity contribution < 1.29 is 14.0 Å². The van der Waals surface area contributed by atoms with Gasteiger partial charge in [-0.15, -0.1) is 0 Å². The van der Waals surface area contributed by atoms with Crippen molar-refractivity contribution in [3.63, 3.8) is 0 Å². The van der Waals surface area contributed by atoms with Gasteiger partial charge in [-0.25, -0.2) is 4.79 Å². The van der Waals surface area contributed by atoms with Crippen molar-refractivity contribution in [2.24, 2.45) is 6.98 Å². The molecule has 0 amide bonds. The molecule has 1 aromatic carbocycles. The highest BCUT2D eigenvalue weighted by atomic mass is 16.4. The highest BCUT2D eigenvalue weighted by molar-refractivity contribution is 5.94. The van der Waals surface area contributed by atoms with E-state index in [1.165, 1.54) is 6.07 Å². The number of aryl methyl sites for hydroxylation is 1. The molecule has 0 fully saturated rings. The second kappa shape index (κ2) is 2.62. The molecule has 66 valence electrons. The van der Waals surface area contributed by atoms with Crippen molar-refractivity contribution in [2.75, 3.05) is 0 Å². The summed E-state index contributed by atoms with van der Waals surface area (Å²) < 4.78 is 22.9. The molecule has 2 rings (SSSR count). The van der Waals surface area contributed by atoms with Crippen LogP contribution in [0.3, 0.4) is 0 Å². The van der Waals surface area contributed by atoms with E-state index in [1.807, 2.05) is 0 Å². The van der Waals surface area contributed by atoms with E-state index in [0.717, 1.165) is 4.57 Å². The number of aromatic carboxylic acids is 1. The van der Waals surface area contributed by atoms with Crippen LogP contribution in [0.4, 0.5) is 0 Å². The van der Waals surface area contributed by atoms with E-state index in [9.17, 15) is 4.79 Å². The maximum absolute atomic E-state index is 11.0. The van der Waals surface area contributed by atoms with Gasteiger partial charge in [0.25, 0.3) is 0 Å². The molecule has 0 spiro atoms. The Hall–Kier alpha value is -1.77. The summed E-state index contributed by atoms with van der Waals surface area (Å²) in [6.45, 7) is -2.49. The predicted molar refractivity (Wildman–Crippen MR) is 49.9 cm³/mol. The highest BCUT2D eigenvalue weighted by Gasteiger charge is 2.10. The van der Waals surface area contributed by atoms with Crippen molar-refractivity contribution in [3.8, 4) is 0 Å². The lowest BCUT2D eigenvalue weighted by molar-refractivity contribution is 0.0687. The van der Waals surface area contributed by atoms with E-state index in [1.54, 1.807) is 24.3 Å². The van der Waals surface area contributed by atoms with Crippen LogP contribution < -0.4 is 0 Å². The van der Waals surface area contributed by atoms with Crippen molar-refractivity contribution in [1.29, 1.82) is 0 Å². The molecule has 1 heterocycles. The van der Waals surface area contributed by atoms with Crippen molar-refractivity contribution in [3.05, 3.63) is 36.0 Å². The maximum Gasteiger partial charge on any atom is 0.352 e. The number of hydrogen-bond donors (Lipinski definition) is 1. The Kier molecular flexibility index (Phi) is 1.02. The predicted octanol–water partition coefficient (Wildman–Crippen LogP) is 1.88. The van der Waals surface area contributed by atoms with E-state index in [-0.39, 0.29) is 5.69 Å². The number of para-hydroxylation sites is 1. The first kappa shape index (κ1) is 5.07. The monoisotopic (exact) mass is 178 g/mol. The van der Waals surface area contributed by atoms with Gasteiger partial charge >= 0.3 is 5.97 Å². The van der Waals surface area contributed by atoms with Crippen molar-refractivity contribution in [2.45, 2.75) is 0 Å². The Bertz CT molecular complexity index is 557. The summed E-state index contributed by atoms with van der Waals surface area (Å²) in [6, 6.07) is 8.05. The zero-order valence-corrected chi connectivity index (χ0v) is 6.69. The van der Waals surface area contributed by atoms with Gasteiger partial charge in [-0.2, -0.15) is 0 Å². The summed E-state index contributed by atoms with van der Waals surface area (Å²) in [5, 5.41) is 9.57. The number of aromatic nitrogens is 1. The Morgan fingerprint density at radius 3 is 3.00 bits per heavy atom. The van der Waals surface area contributed by atoms with Crippen LogP contribution in [0.15, 0.2) is 30.3 Å². The number of nitrogens with zero attached hydrogens (tertiary/aromatic N) is 1. The summed E-state index contributed by atoms with van der Waals surface area (Å²) in [6.07, 6.45) is 0. The molecule has 0 atom stereocenters. The molecule has 0 aliphatic rings. The Balaban J connectivity index is 2.85. The minimum atomic E-state index is -2.49. The van der Waals surface area contributed by atoms with Crippen molar-refractivity contribution in [1.82, 2.24) is 4.57 Å². The van der Waals surface area contributed by atoms with Crippen LogP contribution in [-0.4, -0.2) is 15.6 Å². The van der Waals surface area contributed by atoms with E-state index in [4.69, 9.17) is 9.22 Å². The van der Waals surface area contributed by atoms with Crippen LogP contribution in [-0.2, 0) is 6.98 Å². The third-order valence-corrected chi connectivity index (χ3v) is 1.93. The third-order valence-electron chi connectivity index (χ3n) is 1.93. The van der Waals surface area contributed by atoms with Gasteiger partial charge in [-0.05, 0) is 12.1 Å². The molecule has 0 saturated heterocycles. The number of rotatable bonds is 1. The Labute approximate surface area is 79.4 Å². The number of carbonyl (C=O) groups is 1. The van der Waals surface area contributed by atoms with Gasteiger partial charge < -0.3 is 9.67 Å².